The average Bonchev–Trinajstić information content (AvgIpc) is 2.43. The zero-order chi connectivity index (χ0) is 23.7. The third-order valence-electron chi connectivity index (χ3n) is 2.49. The van der Waals surface area contributed by atoms with Crippen LogP contribution in [0.25, 0.3) is 0 Å². The van der Waals surface area contributed by atoms with Crippen molar-refractivity contribution in [2.75, 3.05) is 19.8 Å². The van der Waals surface area contributed by atoms with Crippen molar-refractivity contribution in [2.24, 2.45) is 0 Å². The molecule has 0 spiro atoms. The van der Waals surface area contributed by atoms with Crippen LogP contribution in [0.15, 0.2) is 0 Å². The molecule has 0 amide bonds. The molecule has 0 aliphatic rings. The number of aliphatic hydroxyl groups excluding tert-OH is 1. The molecule has 19 heteroatoms. The summed E-state index contributed by atoms with van der Waals surface area (Å²) < 4.78 is 197. The summed E-state index contributed by atoms with van der Waals surface area (Å²) in [5, 5.41) is 8.16. The second kappa shape index (κ2) is 8.14. The second-order valence-electron chi connectivity index (χ2n) is 4.81. The van der Waals surface area contributed by atoms with Crippen molar-refractivity contribution in [3.05, 3.63) is 0 Å². The van der Waals surface area contributed by atoms with Gasteiger partial charge in [-0.05, 0) is 0 Å². The number of ether oxygens (including phenoxy) is 3. The maximum absolute atomic E-state index is 13.0. The molecule has 0 aromatic heterocycles. The first-order chi connectivity index (χ1) is 12.5. The lowest BCUT2D eigenvalue weighted by atomic mass is 10.1. The topological polar surface area (TPSA) is 47.9 Å². The summed E-state index contributed by atoms with van der Waals surface area (Å²) in [7, 11) is 0. The van der Waals surface area contributed by atoms with Crippen molar-refractivity contribution in [2.45, 2.75) is 42.5 Å². The van der Waals surface area contributed by atoms with Crippen LogP contribution in [0, 0.1) is 0 Å². The molecule has 0 aliphatic heterocycles. The lowest BCUT2D eigenvalue weighted by Gasteiger charge is -2.36. The first-order valence-electron chi connectivity index (χ1n) is 6.40. The van der Waals surface area contributed by atoms with Gasteiger partial charge in [-0.15, -0.1) is 0 Å². The summed E-state index contributed by atoms with van der Waals surface area (Å²) in [6.45, 7) is -4.34. The Labute approximate surface area is 149 Å². The van der Waals surface area contributed by atoms with Crippen LogP contribution < -0.4 is 0 Å². The van der Waals surface area contributed by atoms with Crippen molar-refractivity contribution in [1.29, 1.82) is 0 Å². The fourth-order valence-corrected chi connectivity index (χ4v) is 1.18. The Balaban J connectivity index is 5.69. The Kier molecular flexibility index (Phi) is 7.80. The molecule has 0 aliphatic carbocycles. The molecule has 4 nitrogen and oxygen atoms in total. The number of hydrogen-bond acceptors (Lipinski definition) is 4. The van der Waals surface area contributed by atoms with E-state index in [-0.39, 0.29) is 0 Å². The third kappa shape index (κ3) is 5.91. The number of alkyl halides is 15. The van der Waals surface area contributed by atoms with Gasteiger partial charge in [0.2, 0.25) is 0 Å². The molecule has 0 aromatic rings. The van der Waals surface area contributed by atoms with Crippen molar-refractivity contribution in [1.82, 2.24) is 0 Å². The van der Waals surface area contributed by atoms with E-state index in [9.17, 15) is 65.9 Å². The van der Waals surface area contributed by atoms with Crippen LogP contribution >= 0.6 is 0 Å². The molecule has 0 heterocycles. The van der Waals surface area contributed by atoms with E-state index in [4.69, 9.17) is 5.11 Å². The highest BCUT2D eigenvalue weighted by Crippen LogP contribution is 2.55. The van der Waals surface area contributed by atoms with Gasteiger partial charge in [-0.2, -0.15) is 65.9 Å². The molecule has 0 bridgehead atoms. The van der Waals surface area contributed by atoms with Crippen molar-refractivity contribution >= 4 is 0 Å². The Morgan fingerprint density at radius 2 is 0.966 bits per heavy atom. The molecule has 0 saturated carbocycles. The maximum Gasteiger partial charge on any atom is 0.460 e. The number of hydrogen-bond donors (Lipinski definition) is 1. The van der Waals surface area contributed by atoms with Gasteiger partial charge in [-0.25, -0.2) is 9.47 Å². The Morgan fingerprint density at radius 3 is 1.34 bits per heavy atom. The van der Waals surface area contributed by atoms with E-state index in [0.717, 1.165) is 0 Å². The van der Waals surface area contributed by atoms with Gasteiger partial charge in [0.1, 0.15) is 6.61 Å². The minimum atomic E-state index is -7.90. The number of aliphatic hydroxyl groups is 1. The van der Waals surface area contributed by atoms with Gasteiger partial charge in [0.15, 0.2) is 0 Å². The second-order valence-corrected chi connectivity index (χ2v) is 4.81. The molecule has 0 radical (unpaired) electrons. The van der Waals surface area contributed by atoms with Crippen LogP contribution in [0.4, 0.5) is 65.9 Å². The van der Waals surface area contributed by atoms with Gasteiger partial charge in [0.25, 0.3) is 0 Å². The SMILES string of the molecule is OCCOCC(F)(F)OC(F)(F)C(F)(F)OC(F)(F)C(F)(F)C(F)(F)C(F)(F)F. The average molecular weight is 476 g/mol. The molecule has 0 rings (SSSR count). The molecule has 0 aromatic carbocycles. The van der Waals surface area contributed by atoms with E-state index >= 15 is 0 Å². The fraction of sp³-hybridized carbons (Fsp3) is 1.00. The molecular weight excluding hydrogens is 469 g/mol. The monoisotopic (exact) mass is 476 g/mol. The minimum Gasteiger partial charge on any atom is -0.394 e. The van der Waals surface area contributed by atoms with E-state index < -0.39 is 62.3 Å². The highest BCUT2D eigenvalue weighted by atomic mass is 19.4. The fourth-order valence-electron chi connectivity index (χ4n) is 1.18. The lowest BCUT2D eigenvalue weighted by molar-refractivity contribution is -0.543. The first kappa shape index (κ1) is 27.8. The van der Waals surface area contributed by atoms with E-state index in [1.807, 2.05) is 0 Å². The van der Waals surface area contributed by atoms with Gasteiger partial charge in [-0.3, -0.25) is 0 Å². The molecule has 176 valence electrons. The molecule has 0 saturated heterocycles. The highest BCUT2D eigenvalue weighted by molar-refractivity contribution is 4.97. The van der Waals surface area contributed by atoms with Crippen LogP contribution in [-0.4, -0.2) is 67.4 Å². The lowest BCUT2D eigenvalue weighted by Crippen LogP contribution is -2.64. The normalized spacial score (nSPS) is 15.7. The van der Waals surface area contributed by atoms with E-state index in [1.165, 1.54) is 4.74 Å². The van der Waals surface area contributed by atoms with E-state index in [1.54, 1.807) is 0 Å². The van der Waals surface area contributed by atoms with E-state index in [2.05, 4.69) is 9.47 Å². The van der Waals surface area contributed by atoms with Crippen LogP contribution in [-0.2, 0) is 14.2 Å². The predicted molar refractivity (Wildman–Crippen MR) is 55.8 cm³/mol. The minimum absolute atomic E-state index is 1.000. The largest absolute Gasteiger partial charge is 0.460 e. The van der Waals surface area contributed by atoms with Gasteiger partial charge in [0, 0.05) is 0 Å². The highest BCUT2D eigenvalue weighted by Gasteiger charge is 2.85. The summed E-state index contributed by atoms with van der Waals surface area (Å²) in [5.74, 6) is -15.7. The Hall–Kier alpha value is -1.21. The Bertz CT molecular complexity index is 544. The Morgan fingerprint density at radius 1 is 0.552 bits per heavy atom. The summed E-state index contributed by atoms with van der Waals surface area (Å²) in [6, 6.07) is 0. The molecule has 0 unspecified atom stereocenters. The van der Waals surface area contributed by atoms with Crippen LogP contribution in [0.5, 0.6) is 0 Å². The predicted octanol–water partition coefficient (Wildman–Crippen LogP) is 4.23. The summed E-state index contributed by atoms with van der Waals surface area (Å²) in [4.78, 5) is 0. The van der Waals surface area contributed by atoms with Crippen molar-refractivity contribution in [3.8, 4) is 0 Å². The van der Waals surface area contributed by atoms with Crippen molar-refractivity contribution < 1.29 is 85.2 Å². The van der Waals surface area contributed by atoms with Gasteiger partial charge in [-0.1, -0.05) is 0 Å². The number of halogens is 15. The molecular formula is C10H7F15O4. The smallest absolute Gasteiger partial charge is 0.394 e. The van der Waals surface area contributed by atoms with Crippen LogP contribution in [0.2, 0.25) is 0 Å². The van der Waals surface area contributed by atoms with Crippen LogP contribution in [0.3, 0.4) is 0 Å². The summed E-state index contributed by atoms with van der Waals surface area (Å²) in [6.07, 6.45) is -34.9. The standard InChI is InChI=1S/C10H7F15O4/c11-4(12,3-27-2-1-26)28-9(22,23)10(24,25)29-8(20,21)6(15,16)5(13,14)7(17,18)19/h26H,1-3H2. The quantitative estimate of drug-likeness (QED) is 0.359. The third-order valence-corrected chi connectivity index (χ3v) is 2.49. The van der Waals surface area contributed by atoms with Crippen LogP contribution in [0.1, 0.15) is 0 Å². The van der Waals surface area contributed by atoms with Gasteiger partial charge in [0.05, 0.1) is 13.2 Å². The van der Waals surface area contributed by atoms with Gasteiger partial charge >= 0.3 is 42.5 Å². The van der Waals surface area contributed by atoms with Crippen molar-refractivity contribution in [3.63, 3.8) is 0 Å². The zero-order valence-electron chi connectivity index (χ0n) is 13.0. The van der Waals surface area contributed by atoms with Gasteiger partial charge < -0.3 is 9.84 Å². The molecule has 1 N–H and O–H groups in total. The summed E-state index contributed by atoms with van der Waals surface area (Å²) >= 11 is 0. The number of rotatable bonds is 11. The summed E-state index contributed by atoms with van der Waals surface area (Å²) in [5.41, 5.74) is 0. The first-order valence-corrected chi connectivity index (χ1v) is 6.40. The molecule has 0 fully saturated rings. The molecule has 0 atom stereocenters. The molecule has 29 heavy (non-hydrogen) atoms. The van der Waals surface area contributed by atoms with E-state index in [0.29, 0.717) is 0 Å². The zero-order valence-corrected chi connectivity index (χ0v) is 13.0. The maximum atomic E-state index is 13.0.